The second kappa shape index (κ2) is 4.65. The van der Waals surface area contributed by atoms with Gasteiger partial charge in [0.15, 0.2) is 0 Å². The highest BCUT2D eigenvalue weighted by Crippen LogP contribution is 2.25. The number of hydrogen-bond donors (Lipinski definition) is 1. The van der Waals surface area contributed by atoms with Gasteiger partial charge in [0.1, 0.15) is 0 Å². The van der Waals surface area contributed by atoms with E-state index >= 15 is 0 Å². The number of amides is 2. The molecular formula is C9H13NO4S. The van der Waals surface area contributed by atoms with Crippen LogP contribution in [0.3, 0.4) is 0 Å². The smallest absolute Gasteiger partial charge is 0.307 e. The summed E-state index contributed by atoms with van der Waals surface area (Å²) in [5, 5.41) is 8.25. The summed E-state index contributed by atoms with van der Waals surface area (Å²) in [6.45, 7) is 1.58. The number of carbonyl (C=O) groups excluding carboxylic acids is 2. The van der Waals surface area contributed by atoms with Crippen molar-refractivity contribution in [3.63, 3.8) is 0 Å². The third-order valence-electron chi connectivity index (χ3n) is 2.31. The topological polar surface area (TPSA) is 74.7 Å². The normalized spacial score (nSPS) is 23.3. The zero-order chi connectivity index (χ0) is 11.6. The zero-order valence-corrected chi connectivity index (χ0v) is 9.41. The summed E-state index contributed by atoms with van der Waals surface area (Å²) in [4.78, 5) is 34.2. The van der Waals surface area contributed by atoms with Crippen LogP contribution in [-0.4, -0.2) is 45.8 Å². The second-order valence-electron chi connectivity index (χ2n) is 3.56. The first-order valence-electron chi connectivity index (χ1n) is 4.58. The van der Waals surface area contributed by atoms with Crippen LogP contribution in [0.4, 0.5) is 0 Å². The van der Waals surface area contributed by atoms with Gasteiger partial charge in [-0.25, -0.2) is 0 Å². The van der Waals surface area contributed by atoms with E-state index in [1.54, 1.807) is 6.92 Å². The van der Waals surface area contributed by atoms with E-state index in [0.29, 0.717) is 5.75 Å². The molecule has 0 aliphatic carbocycles. The Morgan fingerprint density at radius 1 is 1.67 bits per heavy atom. The average Bonchev–Trinajstić information content (AvgIpc) is 2.42. The Morgan fingerprint density at radius 3 is 2.67 bits per heavy atom. The summed E-state index contributed by atoms with van der Waals surface area (Å²) < 4.78 is 0. The lowest BCUT2D eigenvalue weighted by Gasteiger charge is -2.10. The van der Waals surface area contributed by atoms with E-state index < -0.39 is 17.1 Å². The molecule has 1 N–H and O–H groups in total. The van der Waals surface area contributed by atoms with Crippen molar-refractivity contribution < 1.29 is 19.5 Å². The monoisotopic (exact) mass is 231 g/mol. The van der Waals surface area contributed by atoms with Crippen LogP contribution < -0.4 is 0 Å². The molecule has 1 heterocycles. The van der Waals surface area contributed by atoms with Gasteiger partial charge in [-0.1, -0.05) is 6.92 Å². The molecule has 1 fully saturated rings. The Balaban J connectivity index is 2.44. The minimum atomic E-state index is -0.882. The maximum Gasteiger partial charge on any atom is 0.307 e. The second-order valence-corrected chi connectivity index (χ2v) is 4.79. The summed E-state index contributed by atoms with van der Waals surface area (Å²) in [6, 6.07) is 0. The molecular weight excluding hydrogens is 218 g/mol. The van der Waals surface area contributed by atoms with Crippen molar-refractivity contribution >= 4 is 29.5 Å². The van der Waals surface area contributed by atoms with Crippen molar-refractivity contribution in [2.24, 2.45) is 5.92 Å². The number of thioether (sulfide) groups is 1. The number of aliphatic carboxylic acids is 1. The number of hydrogen-bond acceptors (Lipinski definition) is 4. The van der Waals surface area contributed by atoms with Gasteiger partial charge in [-0.05, 0) is 0 Å². The van der Waals surface area contributed by atoms with Crippen LogP contribution >= 0.6 is 11.8 Å². The molecule has 1 aliphatic rings. The fraction of sp³-hybridized carbons (Fsp3) is 0.667. The molecule has 0 radical (unpaired) electrons. The van der Waals surface area contributed by atoms with Crippen LogP contribution in [0.1, 0.15) is 13.3 Å². The van der Waals surface area contributed by atoms with Crippen molar-refractivity contribution in [2.75, 3.05) is 12.8 Å². The summed E-state index contributed by atoms with van der Waals surface area (Å²) in [5.74, 6) is -1.44. The average molecular weight is 231 g/mol. The van der Waals surface area contributed by atoms with Gasteiger partial charge < -0.3 is 5.11 Å². The predicted octanol–water partition coefficient (Wildman–Crippen LogP) is 0.198. The Bertz CT molecular complexity index is 304. The van der Waals surface area contributed by atoms with Gasteiger partial charge in [0.05, 0.1) is 11.2 Å². The number of rotatable bonds is 4. The molecule has 15 heavy (non-hydrogen) atoms. The van der Waals surface area contributed by atoms with Crippen molar-refractivity contribution in [1.82, 2.24) is 4.90 Å². The van der Waals surface area contributed by atoms with Gasteiger partial charge in [0, 0.05) is 19.2 Å². The lowest BCUT2D eigenvalue weighted by atomic mass is 10.2. The molecule has 0 bridgehead atoms. The maximum atomic E-state index is 11.4. The van der Waals surface area contributed by atoms with Crippen molar-refractivity contribution in [3.8, 4) is 0 Å². The molecule has 0 aromatic rings. The van der Waals surface area contributed by atoms with Gasteiger partial charge >= 0.3 is 5.97 Å². The number of carboxylic acids is 1. The first kappa shape index (κ1) is 12.0. The molecule has 1 unspecified atom stereocenters. The van der Waals surface area contributed by atoms with Crippen molar-refractivity contribution in [2.45, 2.75) is 18.6 Å². The van der Waals surface area contributed by atoms with Crippen LogP contribution in [0.15, 0.2) is 0 Å². The fourth-order valence-electron chi connectivity index (χ4n) is 1.18. The molecule has 0 aromatic heterocycles. The quantitative estimate of drug-likeness (QED) is 0.699. The Labute approximate surface area is 91.8 Å². The summed E-state index contributed by atoms with van der Waals surface area (Å²) in [5.41, 5.74) is 0. The SMILES string of the molecule is C[C@@H](CSC1CC(=O)N(C)C1=O)C(=O)O. The molecule has 0 spiro atoms. The van der Waals surface area contributed by atoms with Crippen LogP contribution in [0, 0.1) is 5.92 Å². The first-order chi connectivity index (χ1) is 6.93. The molecule has 5 nitrogen and oxygen atoms in total. The highest BCUT2D eigenvalue weighted by atomic mass is 32.2. The minimum absolute atomic E-state index is 0.187. The van der Waals surface area contributed by atoms with E-state index in [4.69, 9.17) is 5.11 Å². The summed E-state index contributed by atoms with van der Waals surface area (Å²) in [6.07, 6.45) is 0.187. The molecule has 2 amide bonds. The third-order valence-corrected chi connectivity index (χ3v) is 3.77. The standard InChI is InChI=1S/C9H13NO4S/c1-5(9(13)14)4-15-6-3-7(11)10(2)8(6)12/h5-6H,3-4H2,1-2H3,(H,13,14)/t5-,6?/m0/s1. The van der Waals surface area contributed by atoms with Crippen LogP contribution in [0.5, 0.6) is 0 Å². The van der Waals surface area contributed by atoms with Gasteiger partial charge in [0.25, 0.3) is 0 Å². The number of carboxylic acid groups (broad SMARTS) is 1. The fourth-order valence-corrected chi connectivity index (χ4v) is 2.41. The van der Waals surface area contributed by atoms with Crippen LogP contribution in [0.2, 0.25) is 0 Å². The molecule has 84 valence electrons. The van der Waals surface area contributed by atoms with E-state index in [1.807, 2.05) is 0 Å². The molecule has 6 heteroatoms. The van der Waals surface area contributed by atoms with Gasteiger partial charge in [-0.3, -0.25) is 19.3 Å². The van der Waals surface area contributed by atoms with Crippen LogP contribution in [-0.2, 0) is 14.4 Å². The minimum Gasteiger partial charge on any atom is -0.481 e. The maximum absolute atomic E-state index is 11.4. The summed E-state index contributed by atoms with van der Waals surface area (Å²) in [7, 11) is 1.45. The number of nitrogens with zero attached hydrogens (tertiary/aromatic N) is 1. The van der Waals surface area contributed by atoms with E-state index in [1.165, 1.54) is 18.8 Å². The molecule has 1 saturated heterocycles. The van der Waals surface area contributed by atoms with Gasteiger partial charge in [-0.2, -0.15) is 0 Å². The van der Waals surface area contributed by atoms with Crippen LogP contribution in [0.25, 0.3) is 0 Å². The Morgan fingerprint density at radius 2 is 2.27 bits per heavy atom. The van der Waals surface area contributed by atoms with Gasteiger partial charge in [0.2, 0.25) is 11.8 Å². The van der Waals surface area contributed by atoms with Crippen molar-refractivity contribution in [3.05, 3.63) is 0 Å². The first-order valence-corrected chi connectivity index (χ1v) is 5.63. The van der Waals surface area contributed by atoms with Crippen molar-refractivity contribution in [1.29, 1.82) is 0 Å². The predicted molar refractivity (Wildman–Crippen MR) is 55.4 cm³/mol. The molecule has 0 aromatic carbocycles. The largest absolute Gasteiger partial charge is 0.481 e. The van der Waals surface area contributed by atoms with E-state index in [-0.39, 0.29) is 18.2 Å². The van der Waals surface area contributed by atoms with E-state index in [0.717, 1.165) is 4.90 Å². The lowest BCUT2D eigenvalue weighted by molar-refractivity contribution is -0.140. The van der Waals surface area contributed by atoms with E-state index in [9.17, 15) is 14.4 Å². The molecule has 0 saturated carbocycles. The number of likely N-dealkylation sites (tertiary alicyclic amines) is 1. The number of imide groups is 1. The number of carbonyl (C=O) groups is 3. The van der Waals surface area contributed by atoms with Gasteiger partial charge in [-0.15, -0.1) is 11.8 Å². The molecule has 1 rings (SSSR count). The zero-order valence-electron chi connectivity index (χ0n) is 8.60. The van der Waals surface area contributed by atoms with E-state index in [2.05, 4.69) is 0 Å². The summed E-state index contributed by atoms with van der Waals surface area (Å²) >= 11 is 1.24. The Hall–Kier alpha value is -1.04. The highest BCUT2D eigenvalue weighted by molar-refractivity contribution is 8.00. The highest BCUT2D eigenvalue weighted by Gasteiger charge is 2.36. The third kappa shape index (κ3) is 2.71. The lowest BCUT2D eigenvalue weighted by Crippen LogP contribution is -2.27. The Kier molecular flexibility index (Phi) is 3.73. The molecule has 2 atom stereocenters. The molecule has 1 aliphatic heterocycles.